The molecule has 0 spiro atoms. The largest absolute Gasteiger partial charge is 0.328 e. The Labute approximate surface area is 94.8 Å². The van der Waals surface area contributed by atoms with E-state index in [1.165, 1.54) is 11.3 Å². The average Bonchev–Trinajstić information content (AvgIpc) is 2.45. The lowest BCUT2D eigenvalue weighted by Gasteiger charge is -2.30. The summed E-state index contributed by atoms with van der Waals surface area (Å²) in [4.78, 5) is 11.6. The van der Waals surface area contributed by atoms with Crippen molar-refractivity contribution >= 4 is 38.2 Å². The zero-order chi connectivity index (χ0) is 10.1. The molecule has 76 valence electrons. The van der Waals surface area contributed by atoms with Crippen molar-refractivity contribution < 1.29 is 4.79 Å². The van der Waals surface area contributed by atoms with Crippen LogP contribution in [0.4, 0.5) is 5.00 Å². The molecule has 3 nitrogen and oxygen atoms in total. The lowest BCUT2D eigenvalue weighted by atomic mass is 9.80. The summed E-state index contributed by atoms with van der Waals surface area (Å²) >= 11 is 4.87. The molecule has 0 bridgehead atoms. The Morgan fingerprint density at radius 2 is 2.29 bits per heavy atom. The molecule has 1 heterocycles. The van der Waals surface area contributed by atoms with Crippen molar-refractivity contribution in [2.24, 2.45) is 11.7 Å². The number of nitrogens with two attached hydrogens (primary N) is 1. The molecule has 1 amide bonds. The minimum absolute atomic E-state index is 0.0982. The normalized spacial score (nSPS) is 25.6. The molecule has 0 aromatic carbocycles. The standard InChI is InChI=1S/C9H11BrN2OS/c10-7-1-2-8(14-7)12-9(13)5-3-6(11)4-5/h1-2,5-6H,3-4,11H2,(H,12,13). The number of hydrogen-bond donors (Lipinski definition) is 2. The summed E-state index contributed by atoms with van der Waals surface area (Å²) in [5.74, 6) is 0.215. The minimum Gasteiger partial charge on any atom is -0.328 e. The topological polar surface area (TPSA) is 55.1 Å². The van der Waals surface area contributed by atoms with E-state index >= 15 is 0 Å². The Morgan fingerprint density at radius 3 is 2.79 bits per heavy atom. The average molecular weight is 275 g/mol. The maximum Gasteiger partial charge on any atom is 0.228 e. The smallest absolute Gasteiger partial charge is 0.228 e. The molecular weight excluding hydrogens is 264 g/mol. The molecule has 1 fully saturated rings. The molecule has 1 aromatic rings. The monoisotopic (exact) mass is 274 g/mol. The van der Waals surface area contributed by atoms with Crippen molar-refractivity contribution in [3.63, 3.8) is 0 Å². The summed E-state index contributed by atoms with van der Waals surface area (Å²) in [6, 6.07) is 4.04. The molecule has 1 aliphatic carbocycles. The molecule has 0 unspecified atom stereocenters. The SMILES string of the molecule is NC1CC(C(=O)Nc2ccc(Br)s2)C1. The van der Waals surface area contributed by atoms with Gasteiger partial charge in [-0.2, -0.15) is 0 Å². The minimum atomic E-state index is 0.0982. The van der Waals surface area contributed by atoms with E-state index in [2.05, 4.69) is 21.2 Å². The van der Waals surface area contributed by atoms with Crippen molar-refractivity contribution in [2.75, 3.05) is 5.32 Å². The van der Waals surface area contributed by atoms with Gasteiger partial charge in [0, 0.05) is 12.0 Å². The molecule has 1 aliphatic rings. The molecule has 3 N–H and O–H groups in total. The van der Waals surface area contributed by atoms with E-state index in [4.69, 9.17) is 5.73 Å². The quantitative estimate of drug-likeness (QED) is 0.869. The molecular formula is C9H11BrN2OS. The Bertz CT molecular complexity index is 346. The van der Waals surface area contributed by atoms with E-state index < -0.39 is 0 Å². The van der Waals surface area contributed by atoms with Crippen LogP contribution in [0.15, 0.2) is 15.9 Å². The van der Waals surface area contributed by atoms with Crippen LogP contribution in [0.5, 0.6) is 0 Å². The lowest BCUT2D eigenvalue weighted by Crippen LogP contribution is -2.42. The van der Waals surface area contributed by atoms with Crippen LogP contribution in [0.2, 0.25) is 0 Å². The van der Waals surface area contributed by atoms with Gasteiger partial charge in [0.1, 0.15) is 0 Å². The third-order valence-corrected chi connectivity index (χ3v) is 3.90. The van der Waals surface area contributed by atoms with E-state index in [0.29, 0.717) is 0 Å². The van der Waals surface area contributed by atoms with E-state index in [9.17, 15) is 4.79 Å². The predicted octanol–water partition coefficient (Wildman–Crippen LogP) is 2.19. The number of hydrogen-bond acceptors (Lipinski definition) is 3. The number of carbonyl (C=O) groups is 1. The Balaban J connectivity index is 1.89. The summed E-state index contributed by atoms with van der Waals surface area (Å²) in [5, 5.41) is 3.77. The summed E-state index contributed by atoms with van der Waals surface area (Å²) in [6.07, 6.45) is 1.64. The molecule has 2 rings (SSSR count). The number of amides is 1. The fourth-order valence-electron chi connectivity index (χ4n) is 1.48. The number of carbonyl (C=O) groups excluding carboxylic acids is 1. The summed E-state index contributed by atoms with van der Waals surface area (Å²) < 4.78 is 1.03. The first-order chi connectivity index (χ1) is 6.65. The summed E-state index contributed by atoms with van der Waals surface area (Å²) in [5.41, 5.74) is 5.62. The van der Waals surface area contributed by atoms with Crippen LogP contribution in [0.3, 0.4) is 0 Å². The highest BCUT2D eigenvalue weighted by Crippen LogP contribution is 2.30. The van der Waals surface area contributed by atoms with E-state index in [0.717, 1.165) is 21.6 Å². The van der Waals surface area contributed by atoms with E-state index in [-0.39, 0.29) is 17.9 Å². The van der Waals surface area contributed by atoms with Crippen LogP contribution < -0.4 is 11.1 Å². The van der Waals surface area contributed by atoms with Gasteiger partial charge in [-0.25, -0.2) is 0 Å². The summed E-state index contributed by atoms with van der Waals surface area (Å²) in [6.45, 7) is 0. The van der Waals surface area contributed by atoms with Gasteiger partial charge < -0.3 is 11.1 Å². The van der Waals surface area contributed by atoms with Gasteiger partial charge in [0.15, 0.2) is 0 Å². The third-order valence-electron chi connectivity index (χ3n) is 2.36. The van der Waals surface area contributed by atoms with Crippen molar-refractivity contribution in [1.82, 2.24) is 0 Å². The summed E-state index contributed by atoms with van der Waals surface area (Å²) in [7, 11) is 0. The number of nitrogens with one attached hydrogen (secondary N) is 1. The predicted molar refractivity (Wildman–Crippen MR) is 61.3 cm³/mol. The second kappa shape index (κ2) is 4.00. The van der Waals surface area contributed by atoms with Crippen LogP contribution in [0.25, 0.3) is 0 Å². The van der Waals surface area contributed by atoms with Gasteiger partial charge in [-0.1, -0.05) is 0 Å². The molecule has 14 heavy (non-hydrogen) atoms. The van der Waals surface area contributed by atoms with Crippen LogP contribution in [-0.4, -0.2) is 11.9 Å². The molecule has 5 heteroatoms. The zero-order valence-electron chi connectivity index (χ0n) is 7.50. The van der Waals surface area contributed by atoms with Gasteiger partial charge in [-0.15, -0.1) is 11.3 Å². The van der Waals surface area contributed by atoms with Gasteiger partial charge in [-0.3, -0.25) is 4.79 Å². The zero-order valence-corrected chi connectivity index (χ0v) is 9.90. The first-order valence-electron chi connectivity index (χ1n) is 4.47. The van der Waals surface area contributed by atoms with Gasteiger partial charge in [0.2, 0.25) is 5.91 Å². The number of thiophene rings is 1. The van der Waals surface area contributed by atoms with E-state index in [1.807, 2.05) is 12.1 Å². The first kappa shape index (κ1) is 10.1. The molecule has 1 saturated carbocycles. The Morgan fingerprint density at radius 1 is 1.57 bits per heavy atom. The van der Waals surface area contributed by atoms with Gasteiger partial charge in [-0.05, 0) is 40.9 Å². The third kappa shape index (κ3) is 2.16. The van der Waals surface area contributed by atoms with Crippen LogP contribution in [-0.2, 0) is 4.79 Å². The number of halogens is 1. The van der Waals surface area contributed by atoms with E-state index in [1.54, 1.807) is 0 Å². The van der Waals surface area contributed by atoms with Crippen LogP contribution >= 0.6 is 27.3 Å². The van der Waals surface area contributed by atoms with Crippen LogP contribution in [0.1, 0.15) is 12.8 Å². The van der Waals surface area contributed by atoms with Gasteiger partial charge in [0.25, 0.3) is 0 Å². The molecule has 0 aliphatic heterocycles. The molecule has 0 atom stereocenters. The van der Waals surface area contributed by atoms with Crippen LogP contribution in [0, 0.1) is 5.92 Å². The number of anilines is 1. The second-order valence-electron chi connectivity index (χ2n) is 3.52. The van der Waals surface area contributed by atoms with Crippen molar-refractivity contribution in [3.8, 4) is 0 Å². The maximum atomic E-state index is 11.6. The first-order valence-corrected chi connectivity index (χ1v) is 6.08. The van der Waals surface area contributed by atoms with Crippen molar-refractivity contribution in [2.45, 2.75) is 18.9 Å². The highest BCUT2D eigenvalue weighted by Gasteiger charge is 2.31. The lowest BCUT2D eigenvalue weighted by molar-refractivity contribution is -0.122. The maximum absolute atomic E-state index is 11.6. The molecule has 1 aromatic heterocycles. The fraction of sp³-hybridized carbons (Fsp3) is 0.444. The number of rotatable bonds is 2. The highest BCUT2D eigenvalue weighted by atomic mass is 79.9. The molecule has 0 radical (unpaired) electrons. The van der Waals surface area contributed by atoms with Gasteiger partial charge >= 0.3 is 0 Å². The second-order valence-corrected chi connectivity index (χ2v) is 5.98. The van der Waals surface area contributed by atoms with Crippen molar-refractivity contribution in [1.29, 1.82) is 0 Å². The molecule has 0 saturated heterocycles. The van der Waals surface area contributed by atoms with Crippen molar-refractivity contribution in [3.05, 3.63) is 15.9 Å². The fourth-order valence-corrected chi connectivity index (χ4v) is 2.77. The van der Waals surface area contributed by atoms with Gasteiger partial charge in [0.05, 0.1) is 8.79 Å². The highest BCUT2D eigenvalue weighted by molar-refractivity contribution is 9.11. The Hall–Kier alpha value is -0.390. The Kier molecular flexibility index (Phi) is 2.90.